The van der Waals surface area contributed by atoms with Gasteiger partial charge < -0.3 is 21.3 Å². The highest BCUT2D eigenvalue weighted by Crippen LogP contribution is 2.33. The van der Waals surface area contributed by atoms with Gasteiger partial charge in [-0.1, -0.05) is 83.5 Å². The van der Waals surface area contributed by atoms with Crippen LogP contribution in [-0.4, -0.2) is 47.3 Å². The fourth-order valence-corrected chi connectivity index (χ4v) is 7.03. The number of Topliss-reactive ketones (excluding diaryl/α,β-unsaturated/α-hetero) is 2. The Labute approximate surface area is 397 Å². The van der Waals surface area contributed by atoms with Crippen LogP contribution in [0.25, 0.3) is 0 Å². The van der Waals surface area contributed by atoms with Crippen molar-refractivity contribution in [3.8, 4) is 0 Å². The van der Waals surface area contributed by atoms with Gasteiger partial charge in [0, 0.05) is 32.5 Å². The van der Waals surface area contributed by atoms with Crippen LogP contribution in [-0.2, 0) is 32.0 Å². The van der Waals surface area contributed by atoms with Crippen molar-refractivity contribution in [1.29, 1.82) is 0 Å². The fourth-order valence-electron chi connectivity index (χ4n) is 6.05. The Morgan fingerprint density at radius 3 is 1.17 bits per heavy atom. The first-order valence-corrected chi connectivity index (χ1v) is 21.4. The van der Waals surface area contributed by atoms with E-state index in [0.29, 0.717) is 45.4 Å². The molecule has 4 amide bonds. The highest BCUT2D eigenvalue weighted by atomic mass is 35.5. The molecule has 4 N–H and O–H groups in total. The standard InChI is InChI=1S/C44H36Cl6N8O6/c1-5-27-28(6-2)34(52-44(64)40(22(4)60)58-56-38-18-24(8-12-32(38)50)42(62)54-36-20-26(46)10-14-30(36)48)16-15-33(27)51-43(63)39(21(3)59)57-55-37-17-23(7-11-31(37)49)41(61)53-35-19-25(45)9-13-29(35)47/h7-20,39-40H,5-6H2,1-4H3,(H,51,63)(H,52,64)(H,53,61)(H,54,62). The lowest BCUT2D eigenvalue weighted by Gasteiger charge is -2.20. The topological polar surface area (TPSA) is 200 Å². The van der Waals surface area contributed by atoms with Gasteiger partial charge in [0.05, 0.1) is 31.5 Å². The number of benzene rings is 5. The third-order valence-electron chi connectivity index (χ3n) is 9.25. The average molecular weight is 986 g/mol. The molecule has 0 aliphatic heterocycles. The maximum absolute atomic E-state index is 13.6. The molecule has 5 aromatic rings. The first kappa shape index (κ1) is 49.3. The van der Waals surface area contributed by atoms with E-state index < -0.39 is 47.3 Å². The zero-order chi connectivity index (χ0) is 46.8. The lowest BCUT2D eigenvalue weighted by atomic mass is 9.98. The van der Waals surface area contributed by atoms with Crippen molar-refractivity contribution in [2.24, 2.45) is 20.5 Å². The average Bonchev–Trinajstić information content (AvgIpc) is 3.24. The molecule has 0 spiro atoms. The highest BCUT2D eigenvalue weighted by Gasteiger charge is 2.27. The fraction of sp³-hybridized carbons (Fsp3) is 0.182. The number of nitrogens with zero attached hydrogens (tertiary/aromatic N) is 4. The van der Waals surface area contributed by atoms with Crippen LogP contribution in [0.15, 0.2) is 105 Å². The molecule has 330 valence electrons. The van der Waals surface area contributed by atoms with Crippen molar-refractivity contribution in [2.75, 3.05) is 21.3 Å². The molecule has 5 rings (SSSR count). The number of hydrogen-bond acceptors (Lipinski definition) is 10. The molecule has 0 heterocycles. The number of carbonyl (C=O) groups excluding carboxylic acids is 6. The summed E-state index contributed by atoms with van der Waals surface area (Å²) in [7, 11) is 0. The second kappa shape index (κ2) is 22.2. The second-order valence-electron chi connectivity index (χ2n) is 13.7. The third kappa shape index (κ3) is 12.5. The van der Waals surface area contributed by atoms with Gasteiger partial charge in [-0.05, 0) is 123 Å². The van der Waals surface area contributed by atoms with E-state index in [1.807, 2.05) is 13.8 Å². The van der Waals surface area contributed by atoms with Crippen LogP contribution >= 0.6 is 69.6 Å². The number of carbonyl (C=O) groups is 6. The molecule has 0 saturated heterocycles. The Hall–Kier alpha value is -5.74. The summed E-state index contributed by atoms with van der Waals surface area (Å²) in [5.41, 5.74) is 2.73. The monoisotopic (exact) mass is 982 g/mol. The van der Waals surface area contributed by atoms with E-state index in [2.05, 4.69) is 41.7 Å². The molecule has 64 heavy (non-hydrogen) atoms. The lowest BCUT2D eigenvalue weighted by Crippen LogP contribution is -2.33. The zero-order valence-corrected chi connectivity index (χ0v) is 38.7. The molecule has 0 fully saturated rings. The minimum Gasteiger partial charge on any atom is -0.323 e. The first-order valence-electron chi connectivity index (χ1n) is 19.1. The van der Waals surface area contributed by atoms with Gasteiger partial charge in [-0.15, -0.1) is 0 Å². The van der Waals surface area contributed by atoms with Gasteiger partial charge in [0.1, 0.15) is 11.4 Å². The van der Waals surface area contributed by atoms with E-state index in [4.69, 9.17) is 69.6 Å². The maximum Gasteiger partial charge on any atom is 0.258 e. The summed E-state index contributed by atoms with van der Waals surface area (Å²) in [6, 6.07) is 17.4. The number of nitrogens with one attached hydrogen (secondary N) is 4. The Morgan fingerprint density at radius 1 is 0.469 bits per heavy atom. The van der Waals surface area contributed by atoms with Gasteiger partial charge in [0.2, 0.25) is 12.1 Å². The molecule has 20 heteroatoms. The lowest BCUT2D eigenvalue weighted by molar-refractivity contribution is -0.127. The number of hydrogen-bond donors (Lipinski definition) is 4. The van der Waals surface area contributed by atoms with Crippen molar-refractivity contribution in [2.45, 2.75) is 52.6 Å². The van der Waals surface area contributed by atoms with Crippen LogP contribution in [0.1, 0.15) is 59.5 Å². The molecule has 2 unspecified atom stereocenters. The minimum absolute atomic E-state index is 0.0104. The van der Waals surface area contributed by atoms with E-state index in [9.17, 15) is 28.8 Å². The van der Waals surface area contributed by atoms with Gasteiger partial charge in [0.25, 0.3) is 23.6 Å². The number of azo groups is 2. The van der Waals surface area contributed by atoms with E-state index >= 15 is 0 Å². The molecular weight excluding hydrogens is 949 g/mol. The molecule has 5 aromatic carbocycles. The third-order valence-corrected chi connectivity index (χ3v) is 11.0. The Bertz CT molecular complexity index is 2560. The molecule has 0 aliphatic carbocycles. The summed E-state index contributed by atoms with van der Waals surface area (Å²) in [6.45, 7) is 6.00. The predicted molar refractivity (Wildman–Crippen MR) is 252 cm³/mol. The summed E-state index contributed by atoms with van der Waals surface area (Å²) >= 11 is 37.1. The summed E-state index contributed by atoms with van der Waals surface area (Å²) < 4.78 is 0. The molecule has 14 nitrogen and oxygen atoms in total. The van der Waals surface area contributed by atoms with Crippen LogP contribution < -0.4 is 21.3 Å². The summed E-state index contributed by atoms with van der Waals surface area (Å²) in [5, 5.41) is 28.3. The summed E-state index contributed by atoms with van der Waals surface area (Å²) in [6.07, 6.45) is 0.753. The van der Waals surface area contributed by atoms with E-state index in [1.165, 1.54) is 86.6 Å². The quantitative estimate of drug-likeness (QED) is 0.0560. The Balaban J connectivity index is 1.32. The van der Waals surface area contributed by atoms with E-state index in [-0.39, 0.29) is 54.0 Å². The van der Waals surface area contributed by atoms with Crippen LogP contribution in [0.5, 0.6) is 0 Å². The van der Waals surface area contributed by atoms with Crippen molar-refractivity contribution in [1.82, 2.24) is 0 Å². The maximum atomic E-state index is 13.6. The minimum atomic E-state index is -1.61. The number of ketones is 2. The molecule has 0 radical (unpaired) electrons. The van der Waals surface area contributed by atoms with Gasteiger partial charge >= 0.3 is 0 Å². The molecule has 0 aliphatic rings. The largest absolute Gasteiger partial charge is 0.323 e. The van der Waals surface area contributed by atoms with Gasteiger partial charge in [-0.25, -0.2) is 0 Å². The van der Waals surface area contributed by atoms with Gasteiger partial charge in [-0.2, -0.15) is 20.5 Å². The molecule has 0 aromatic heterocycles. The van der Waals surface area contributed by atoms with Crippen LogP contribution in [0, 0.1) is 0 Å². The number of rotatable bonds is 16. The smallest absolute Gasteiger partial charge is 0.258 e. The molecule has 2 atom stereocenters. The van der Waals surface area contributed by atoms with Crippen molar-refractivity contribution >= 4 is 139 Å². The zero-order valence-electron chi connectivity index (χ0n) is 34.2. The summed E-state index contributed by atoms with van der Waals surface area (Å²) in [4.78, 5) is 78.7. The van der Waals surface area contributed by atoms with Crippen LogP contribution in [0.2, 0.25) is 30.1 Å². The molecule has 0 bridgehead atoms. The number of amides is 4. The highest BCUT2D eigenvalue weighted by molar-refractivity contribution is 6.37. The molecular formula is C44H36Cl6N8O6. The predicted octanol–water partition coefficient (Wildman–Crippen LogP) is 12.6. The summed E-state index contributed by atoms with van der Waals surface area (Å²) in [5.74, 6) is -4.01. The normalized spacial score (nSPS) is 12.2. The van der Waals surface area contributed by atoms with Crippen LogP contribution in [0.4, 0.5) is 34.1 Å². The Kier molecular flexibility index (Phi) is 17.1. The SMILES string of the molecule is CCc1c(NC(=O)C(N=Nc2cc(C(=O)Nc3cc(Cl)ccc3Cl)ccc2Cl)C(C)=O)ccc(NC(=O)C(N=Nc2cc(C(=O)Nc3cc(Cl)ccc3Cl)ccc2Cl)C(C)=O)c1CC. The van der Waals surface area contributed by atoms with Crippen molar-refractivity contribution in [3.05, 3.63) is 137 Å². The number of halogens is 6. The van der Waals surface area contributed by atoms with Gasteiger partial charge in [-0.3, -0.25) is 28.8 Å². The first-order chi connectivity index (χ1) is 30.4. The van der Waals surface area contributed by atoms with Crippen molar-refractivity contribution in [3.63, 3.8) is 0 Å². The molecule has 0 saturated carbocycles. The van der Waals surface area contributed by atoms with Crippen molar-refractivity contribution < 1.29 is 28.8 Å². The van der Waals surface area contributed by atoms with E-state index in [0.717, 1.165) is 0 Å². The van der Waals surface area contributed by atoms with Crippen LogP contribution in [0.3, 0.4) is 0 Å². The second-order valence-corrected chi connectivity index (χ2v) is 16.3. The Morgan fingerprint density at radius 2 is 0.828 bits per heavy atom. The van der Waals surface area contributed by atoms with Gasteiger partial charge in [0.15, 0.2) is 11.6 Å². The number of anilines is 4. The van der Waals surface area contributed by atoms with E-state index in [1.54, 1.807) is 12.1 Å².